The smallest absolute Gasteiger partial charge is 0.221 e. The van der Waals surface area contributed by atoms with Gasteiger partial charge in [0.25, 0.3) is 0 Å². The molecule has 0 atom stereocenters. The predicted octanol–water partition coefficient (Wildman–Crippen LogP) is 7.21. The monoisotopic (exact) mass is 492 g/mol. The molecule has 0 spiro atoms. The second-order valence-electron chi connectivity index (χ2n) is 9.09. The van der Waals surface area contributed by atoms with Crippen molar-refractivity contribution in [2.75, 3.05) is 11.5 Å². The van der Waals surface area contributed by atoms with Crippen LogP contribution in [0.15, 0.2) is 121 Å². The Morgan fingerprint density at radius 2 is 1.17 bits per heavy atom. The molecular formula is C33H35NOP+. The van der Waals surface area contributed by atoms with Gasteiger partial charge in [0.15, 0.2) is 0 Å². The number of hydrogen-bond donors (Lipinski definition) is 1. The fourth-order valence-electron chi connectivity index (χ4n) is 4.77. The number of anilines is 1. The molecule has 0 radical (unpaired) electrons. The summed E-state index contributed by atoms with van der Waals surface area (Å²) >= 11 is 0. The van der Waals surface area contributed by atoms with Crippen molar-refractivity contribution in [3.05, 3.63) is 127 Å². The summed E-state index contributed by atoms with van der Waals surface area (Å²) in [5.41, 5.74) is 1.99. The lowest BCUT2D eigenvalue weighted by molar-refractivity contribution is -0.114. The zero-order valence-corrected chi connectivity index (χ0v) is 21.9. The molecule has 36 heavy (non-hydrogen) atoms. The topological polar surface area (TPSA) is 29.1 Å². The molecule has 2 nitrogen and oxygen atoms in total. The van der Waals surface area contributed by atoms with Gasteiger partial charge in [-0.2, -0.15) is 0 Å². The van der Waals surface area contributed by atoms with E-state index in [1.807, 2.05) is 24.3 Å². The molecule has 0 aliphatic rings. The third kappa shape index (κ3) is 6.59. The van der Waals surface area contributed by atoms with Gasteiger partial charge in [0.2, 0.25) is 5.91 Å². The molecular weight excluding hydrogens is 457 g/mol. The molecule has 0 aromatic heterocycles. The van der Waals surface area contributed by atoms with Crippen molar-refractivity contribution < 1.29 is 4.79 Å². The molecule has 1 amide bonds. The lowest BCUT2D eigenvalue weighted by atomic mass is 10.1. The maximum absolute atomic E-state index is 11.2. The van der Waals surface area contributed by atoms with Crippen molar-refractivity contribution in [1.29, 1.82) is 0 Å². The molecule has 0 aliphatic carbocycles. The molecule has 0 aliphatic heterocycles. The van der Waals surface area contributed by atoms with Crippen molar-refractivity contribution in [3.8, 4) is 0 Å². The summed E-state index contributed by atoms with van der Waals surface area (Å²) in [6.45, 7) is 1.53. The summed E-state index contributed by atoms with van der Waals surface area (Å²) in [6, 6.07) is 41.4. The molecule has 0 heterocycles. The second kappa shape index (κ2) is 13.0. The summed E-state index contributed by atoms with van der Waals surface area (Å²) in [6.07, 6.45) is 10.3. The highest BCUT2D eigenvalue weighted by molar-refractivity contribution is 7.95. The van der Waals surface area contributed by atoms with Crippen molar-refractivity contribution >= 4 is 40.8 Å². The number of benzene rings is 4. The van der Waals surface area contributed by atoms with Crippen molar-refractivity contribution in [1.82, 2.24) is 0 Å². The Morgan fingerprint density at radius 3 is 1.64 bits per heavy atom. The molecule has 0 saturated heterocycles. The molecule has 0 saturated carbocycles. The van der Waals surface area contributed by atoms with E-state index in [-0.39, 0.29) is 5.91 Å². The first-order valence-corrected chi connectivity index (χ1v) is 14.7. The minimum atomic E-state index is -1.72. The molecule has 4 aromatic carbocycles. The highest BCUT2D eigenvalue weighted by Crippen LogP contribution is 2.55. The van der Waals surface area contributed by atoms with E-state index in [0.29, 0.717) is 0 Å². The summed E-state index contributed by atoms with van der Waals surface area (Å²) in [5.74, 6) is -0.0449. The number of amides is 1. The number of carbonyl (C=O) groups excluding carboxylic acids is 1. The van der Waals surface area contributed by atoms with E-state index in [1.54, 1.807) is 0 Å². The summed E-state index contributed by atoms with van der Waals surface area (Å²) in [5, 5.41) is 7.20. The number of nitrogens with one attached hydrogen (secondary N) is 1. The van der Waals surface area contributed by atoms with E-state index >= 15 is 0 Å². The Kier molecular flexibility index (Phi) is 9.25. The Hall–Kier alpha value is -3.48. The van der Waals surface area contributed by atoms with Gasteiger partial charge in [0, 0.05) is 12.6 Å². The Labute approximate surface area is 216 Å². The van der Waals surface area contributed by atoms with Crippen molar-refractivity contribution in [2.24, 2.45) is 0 Å². The molecule has 1 N–H and O–H groups in total. The minimum absolute atomic E-state index is 0.0449. The Bertz CT molecular complexity index is 1140. The zero-order chi connectivity index (χ0) is 25.1. The first-order chi connectivity index (χ1) is 17.7. The van der Waals surface area contributed by atoms with Gasteiger partial charge in [-0.25, -0.2) is 0 Å². The van der Waals surface area contributed by atoms with Gasteiger partial charge in [-0.1, -0.05) is 78.9 Å². The largest absolute Gasteiger partial charge is 0.326 e. The maximum Gasteiger partial charge on any atom is 0.221 e. The van der Waals surface area contributed by atoms with Crippen LogP contribution in [0.2, 0.25) is 0 Å². The number of rotatable bonds is 11. The zero-order valence-electron chi connectivity index (χ0n) is 21.0. The van der Waals surface area contributed by atoms with Crippen LogP contribution in [0.25, 0.3) is 6.08 Å². The van der Waals surface area contributed by atoms with Gasteiger partial charge in [-0.05, 0) is 79.8 Å². The molecule has 4 aromatic rings. The fraction of sp³-hybridized carbons (Fsp3) is 0.182. The van der Waals surface area contributed by atoms with E-state index in [1.165, 1.54) is 48.3 Å². The van der Waals surface area contributed by atoms with Crippen molar-refractivity contribution in [3.63, 3.8) is 0 Å². The number of carbonyl (C=O) groups is 1. The quantitative estimate of drug-likeness (QED) is 0.174. The average molecular weight is 493 g/mol. The number of allylic oxidation sites excluding steroid dienone is 1. The van der Waals surface area contributed by atoms with Crippen LogP contribution in [-0.4, -0.2) is 12.1 Å². The lowest BCUT2D eigenvalue weighted by Crippen LogP contribution is -2.33. The first kappa shape index (κ1) is 25.6. The highest BCUT2D eigenvalue weighted by Gasteiger charge is 2.44. The highest BCUT2D eigenvalue weighted by atomic mass is 31.2. The van der Waals surface area contributed by atoms with E-state index in [4.69, 9.17) is 0 Å². The van der Waals surface area contributed by atoms with E-state index in [2.05, 4.69) is 108 Å². The molecule has 182 valence electrons. The van der Waals surface area contributed by atoms with Crippen molar-refractivity contribution in [2.45, 2.75) is 32.6 Å². The van der Waals surface area contributed by atoms with E-state index < -0.39 is 7.26 Å². The molecule has 0 bridgehead atoms. The third-order valence-corrected chi connectivity index (χ3v) is 11.0. The van der Waals surface area contributed by atoms with Gasteiger partial charge < -0.3 is 5.32 Å². The Balaban J connectivity index is 1.42. The molecule has 3 heteroatoms. The van der Waals surface area contributed by atoms with Gasteiger partial charge in [-0.15, -0.1) is 0 Å². The fourth-order valence-corrected chi connectivity index (χ4v) is 9.18. The predicted molar refractivity (Wildman–Crippen MR) is 158 cm³/mol. The first-order valence-electron chi connectivity index (χ1n) is 12.8. The maximum atomic E-state index is 11.2. The molecule has 0 unspecified atom stereocenters. The summed E-state index contributed by atoms with van der Waals surface area (Å²) in [4.78, 5) is 11.2. The Morgan fingerprint density at radius 1 is 0.667 bits per heavy atom. The standard InChI is InChI=1S/C33H34NOP/c1-28(35)34-30-25-23-29(24-26-30)16-8-3-2-4-15-27-36(31-17-9-5-10-18-31,32-19-11-6-12-20-32)33-21-13-7-14-22-33/h5-14,16-26H,2-4,15,27H2,1H3/p+1/b16-8-. The van der Waals surface area contributed by atoms with E-state index in [0.717, 1.165) is 17.7 Å². The SMILES string of the molecule is CC(=O)Nc1ccc(/C=C\CCCCC[P+](c2ccccc2)(c2ccccc2)c2ccccc2)cc1. The lowest BCUT2D eigenvalue weighted by Gasteiger charge is -2.27. The number of unbranched alkanes of at least 4 members (excludes halogenated alkanes) is 3. The second-order valence-corrected chi connectivity index (χ2v) is 12.7. The number of hydrogen-bond acceptors (Lipinski definition) is 1. The normalized spacial score (nSPS) is 11.5. The van der Waals surface area contributed by atoms with Crippen LogP contribution < -0.4 is 21.2 Å². The van der Waals surface area contributed by atoms with E-state index in [9.17, 15) is 4.79 Å². The van der Waals surface area contributed by atoms with Crippen LogP contribution in [0.1, 0.15) is 38.2 Å². The van der Waals surface area contributed by atoms with Gasteiger partial charge >= 0.3 is 0 Å². The molecule has 0 fully saturated rings. The third-order valence-electron chi connectivity index (χ3n) is 6.50. The van der Waals surface area contributed by atoms with Crippen LogP contribution >= 0.6 is 7.26 Å². The van der Waals surface area contributed by atoms with Gasteiger partial charge in [0.1, 0.15) is 23.2 Å². The van der Waals surface area contributed by atoms with Gasteiger partial charge in [-0.3, -0.25) is 4.79 Å². The van der Waals surface area contributed by atoms with Crippen LogP contribution in [0, 0.1) is 0 Å². The summed E-state index contributed by atoms with van der Waals surface area (Å²) < 4.78 is 0. The van der Waals surface area contributed by atoms with Crippen LogP contribution in [-0.2, 0) is 4.79 Å². The van der Waals surface area contributed by atoms with Crippen LogP contribution in [0.4, 0.5) is 5.69 Å². The summed E-state index contributed by atoms with van der Waals surface area (Å²) in [7, 11) is -1.72. The molecule has 4 rings (SSSR count). The van der Waals surface area contributed by atoms with Crippen LogP contribution in [0.3, 0.4) is 0 Å². The van der Waals surface area contributed by atoms with Gasteiger partial charge in [0.05, 0.1) is 6.16 Å². The average Bonchev–Trinajstić information content (AvgIpc) is 2.92. The minimum Gasteiger partial charge on any atom is -0.326 e. The van der Waals surface area contributed by atoms with Crippen LogP contribution in [0.5, 0.6) is 0 Å².